The van der Waals surface area contributed by atoms with Crippen molar-refractivity contribution >= 4 is 32.7 Å². The number of nitrogens with one attached hydrogen (secondary N) is 1. The fourth-order valence-corrected chi connectivity index (χ4v) is 7.34. The van der Waals surface area contributed by atoms with E-state index in [0.717, 1.165) is 74.7 Å². The van der Waals surface area contributed by atoms with Gasteiger partial charge in [-0.3, -0.25) is 9.69 Å². The predicted octanol–water partition coefficient (Wildman–Crippen LogP) is 4.32. The van der Waals surface area contributed by atoms with Gasteiger partial charge in [0.2, 0.25) is 0 Å². The maximum atomic E-state index is 13.5. The molecule has 4 heterocycles. The van der Waals surface area contributed by atoms with Crippen molar-refractivity contribution < 1.29 is 17.9 Å². The van der Waals surface area contributed by atoms with E-state index < -0.39 is 15.9 Å². The SMILES string of the molecule is O=C(NCCCCN1CCN(c2cccc3c2OCCCC3)CC1)c1cc2cccnc2n1S(=O)(=O)c1ccccc1. The Morgan fingerprint density at radius 2 is 1.76 bits per heavy atom. The van der Waals surface area contributed by atoms with Crippen molar-refractivity contribution in [2.24, 2.45) is 0 Å². The molecule has 9 nitrogen and oxygen atoms in total. The number of anilines is 1. The summed E-state index contributed by atoms with van der Waals surface area (Å²) in [5.74, 6) is 0.649. The molecular weight excluding hydrogens is 550 g/mol. The van der Waals surface area contributed by atoms with E-state index in [1.165, 1.54) is 36.0 Å². The zero-order chi connectivity index (χ0) is 28.9. The number of piperazine rings is 1. The number of amides is 1. The van der Waals surface area contributed by atoms with E-state index in [1.54, 1.807) is 36.4 Å². The average Bonchev–Trinajstić information content (AvgIpc) is 3.26. The highest BCUT2D eigenvalue weighted by Crippen LogP contribution is 2.35. The molecule has 42 heavy (non-hydrogen) atoms. The van der Waals surface area contributed by atoms with E-state index in [4.69, 9.17) is 4.74 Å². The Balaban J connectivity index is 1.02. The lowest BCUT2D eigenvalue weighted by Crippen LogP contribution is -2.46. The third kappa shape index (κ3) is 5.87. The summed E-state index contributed by atoms with van der Waals surface area (Å²) in [5.41, 5.74) is 2.85. The third-order valence-electron chi connectivity index (χ3n) is 8.10. The molecule has 1 fully saturated rings. The van der Waals surface area contributed by atoms with Crippen molar-refractivity contribution in [3.63, 3.8) is 0 Å². The van der Waals surface area contributed by atoms with Crippen LogP contribution in [0.5, 0.6) is 5.75 Å². The van der Waals surface area contributed by atoms with Gasteiger partial charge in [0.25, 0.3) is 15.9 Å². The van der Waals surface area contributed by atoms with Gasteiger partial charge < -0.3 is 15.0 Å². The third-order valence-corrected chi connectivity index (χ3v) is 9.81. The first-order chi connectivity index (χ1) is 20.5. The maximum absolute atomic E-state index is 13.5. The van der Waals surface area contributed by atoms with Crippen LogP contribution in [-0.4, -0.2) is 74.1 Å². The van der Waals surface area contributed by atoms with Crippen LogP contribution < -0.4 is 15.0 Å². The van der Waals surface area contributed by atoms with Crippen LogP contribution in [0.15, 0.2) is 77.8 Å². The standard InChI is InChI=1S/C32H37N5O4S/c38-32(29-24-26-12-9-17-33-31(26)37(29)42(39,40)27-13-2-1-3-14-27)34-16-5-6-18-35-19-21-36(22-20-35)28-15-8-11-25-10-4-7-23-41-30(25)28/h1-3,8-9,11-15,17,24H,4-7,10,16,18-23H2,(H,34,38). The summed E-state index contributed by atoms with van der Waals surface area (Å²) >= 11 is 0. The Bertz CT molecular complexity index is 1650. The number of para-hydroxylation sites is 1. The van der Waals surface area contributed by atoms with Crippen molar-refractivity contribution in [2.75, 3.05) is 50.8 Å². The lowest BCUT2D eigenvalue weighted by Gasteiger charge is -2.37. The predicted molar refractivity (Wildman–Crippen MR) is 164 cm³/mol. The second-order valence-corrected chi connectivity index (χ2v) is 12.7. The number of carbonyl (C=O) groups is 1. The van der Waals surface area contributed by atoms with Crippen molar-refractivity contribution in [3.05, 3.63) is 84.2 Å². The molecule has 0 radical (unpaired) electrons. The summed E-state index contributed by atoms with van der Waals surface area (Å²) < 4.78 is 34.2. The first-order valence-corrected chi connectivity index (χ1v) is 16.2. The summed E-state index contributed by atoms with van der Waals surface area (Å²) in [5, 5.41) is 3.53. The van der Waals surface area contributed by atoms with Crippen molar-refractivity contribution in [3.8, 4) is 5.75 Å². The molecular formula is C32H37N5O4S. The largest absolute Gasteiger partial charge is 0.491 e. The number of rotatable bonds is 9. The molecule has 4 aromatic rings. The first kappa shape index (κ1) is 28.2. The number of unbranched alkanes of at least 4 members (excludes halogenated alkanes) is 1. The monoisotopic (exact) mass is 587 g/mol. The van der Waals surface area contributed by atoms with Crippen LogP contribution in [0.25, 0.3) is 11.0 Å². The molecule has 2 aromatic carbocycles. The number of nitrogens with zero attached hydrogens (tertiary/aromatic N) is 4. The van der Waals surface area contributed by atoms with E-state index in [-0.39, 0.29) is 16.2 Å². The van der Waals surface area contributed by atoms with E-state index in [1.807, 2.05) is 0 Å². The molecule has 2 aliphatic heterocycles. The van der Waals surface area contributed by atoms with Gasteiger partial charge in [0, 0.05) is 44.3 Å². The van der Waals surface area contributed by atoms with Gasteiger partial charge in [-0.2, -0.15) is 0 Å². The first-order valence-electron chi connectivity index (χ1n) is 14.8. The van der Waals surface area contributed by atoms with Gasteiger partial charge in [0.05, 0.1) is 17.2 Å². The van der Waals surface area contributed by atoms with Crippen molar-refractivity contribution in [2.45, 2.75) is 37.0 Å². The van der Waals surface area contributed by atoms with Crippen LogP contribution in [-0.2, 0) is 16.4 Å². The Morgan fingerprint density at radius 3 is 2.60 bits per heavy atom. The van der Waals surface area contributed by atoms with Gasteiger partial charge in [-0.05, 0) is 80.6 Å². The van der Waals surface area contributed by atoms with Crippen LogP contribution in [0.3, 0.4) is 0 Å². The Labute approximate surface area is 247 Å². The van der Waals surface area contributed by atoms with Crippen LogP contribution in [0.2, 0.25) is 0 Å². The molecule has 1 saturated heterocycles. The normalized spacial score (nSPS) is 16.0. The van der Waals surface area contributed by atoms with Crippen LogP contribution in [0, 0.1) is 0 Å². The van der Waals surface area contributed by atoms with Gasteiger partial charge in [-0.1, -0.05) is 30.3 Å². The highest BCUT2D eigenvalue weighted by molar-refractivity contribution is 7.90. The minimum Gasteiger partial charge on any atom is -0.491 e. The number of pyridine rings is 1. The highest BCUT2D eigenvalue weighted by atomic mass is 32.2. The molecule has 2 aromatic heterocycles. The molecule has 0 unspecified atom stereocenters. The highest BCUT2D eigenvalue weighted by Gasteiger charge is 2.27. The average molecular weight is 588 g/mol. The van der Waals surface area contributed by atoms with Gasteiger partial charge in [-0.15, -0.1) is 0 Å². The molecule has 220 valence electrons. The maximum Gasteiger partial charge on any atom is 0.270 e. The Kier molecular flexibility index (Phi) is 8.43. The second kappa shape index (κ2) is 12.5. The van der Waals surface area contributed by atoms with Crippen LogP contribution in [0.4, 0.5) is 5.69 Å². The zero-order valence-electron chi connectivity index (χ0n) is 23.7. The van der Waals surface area contributed by atoms with Crippen molar-refractivity contribution in [1.29, 1.82) is 0 Å². The number of carbonyl (C=O) groups excluding carboxylic acids is 1. The summed E-state index contributed by atoms with van der Waals surface area (Å²) in [4.78, 5) is 22.5. The lowest BCUT2D eigenvalue weighted by atomic mass is 10.1. The molecule has 0 saturated carbocycles. The number of hydrogen-bond acceptors (Lipinski definition) is 7. The molecule has 1 N–H and O–H groups in total. The number of fused-ring (bicyclic) bond motifs is 2. The molecule has 10 heteroatoms. The second-order valence-electron chi connectivity index (χ2n) is 10.9. The molecule has 0 spiro atoms. The van der Waals surface area contributed by atoms with E-state index in [9.17, 15) is 13.2 Å². The number of aryl methyl sites for hydroxylation is 1. The van der Waals surface area contributed by atoms with Gasteiger partial charge in [0.1, 0.15) is 11.4 Å². The fraction of sp³-hybridized carbons (Fsp3) is 0.375. The van der Waals surface area contributed by atoms with Crippen molar-refractivity contribution in [1.82, 2.24) is 19.2 Å². The number of aromatic nitrogens is 2. The Morgan fingerprint density at radius 1 is 0.929 bits per heavy atom. The molecule has 2 aliphatic rings. The number of ether oxygens (including phenoxy) is 1. The lowest BCUT2D eigenvalue weighted by molar-refractivity contribution is 0.0946. The summed E-state index contributed by atoms with van der Waals surface area (Å²) in [6, 6.07) is 19.7. The van der Waals surface area contributed by atoms with E-state index in [2.05, 4.69) is 38.3 Å². The van der Waals surface area contributed by atoms with Gasteiger partial charge in [0.15, 0.2) is 5.65 Å². The molecule has 0 aliphatic carbocycles. The van der Waals surface area contributed by atoms with Crippen LogP contribution >= 0.6 is 0 Å². The smallest absolute Gasteiger partial charge is 0.270 e. The summed E-state index contributed by atoms with van der Waals surface area (Å²) in [6.07, 6.45) is 6.64. The number of benzene rings is 2. The minimum absolute atomic E-state index is 0.0615. The quantitative estimate of drug-likeness (QED) is 0.292. The fourth-order valence-electron chi connectivity index (χ4n) is 5.85. The van der Waals surface area contributed by atoms with E-state index in [0.29, 0.717) is 11.9 Å². The Hall–Kier alpha value is -3.89. The van der Waals surface area contributed by atoms with Gasteiger partial charge >= 0.3 is 0 Å². The van der Waals surface area contributed by atoms with E-state index >= 15 is 0 Å². The summed E-state index contributed by atoms with van der Waals surface area (Å²) in [7, 11) is -4.00. The molecule has 0 atom stereocenters. The number of hydrogen-bond donors (Lipinski definition) is 1. The molecule has 0 bridgehead atoms. The molecule has 6 rings (SSSR count). The molecule has 1 amide bonds. The zero-order valence-corrected chi connectivity index (χ0v) is 24.6. The minimum atomic E-state index is -4.00. The van der Waals surface area contributed by atoms with Crippen LogP contribution in [0.1, 0.15) is 41.7 Å². The topological polar surface area (TPSA) is 96.8 Å². The van der Waals surface area contributed by atoms with Gasteiger partial charge in [-0.25, -0.2) is 17.4 Å². The summed E-state index contributed by atoms with van der Waals surface area (Å²) in [6.45, 7) is 6.12.